The van der Waals surface area contributed by atoms with Crippen molar-refractivity contribution >= 4 is 45.3 Å². The molecule has 0 heterocycles. The highest BCUT2D eigenvalue weighted by molar-refractivity contribution is 6.51. The molecule has 0 aliphatic rings. The van der Waals surface area contributed by atoms with Crippen molar-refractivity contribution in [3.63, 3.8) is 0 Å². The number of hydrogen-bond donors (Lipinski definition) is 3. The fraction of sp³-hybridized carbons (Fsp3) is 0.0476. The lowest BCUT2D eigenvalue weighted by Gasteiger charge is -2.05. The van der Waals surface area contributed by atoms with E-state index in [1.165, 1.54) is 0 Å². The predicted octanol–water partition coefficient (Wildman–Crippen LogP) is 5.49. The minimum atomic E-state index is -5.08. The average Bonchev–Trinajstić information content (AvgIpc) is 2.67. The molecule has 0 radical (unpaired) electrons. The van der Waals surface area contributed by atoms with Crippen LogP contribution in [0.5, 0.6) is 0 Å². The molecule has 0 bridgehead atoms. The van der Waals surface area contributed by atoms with Gasteiger partial charge in [0.15, 0.2) is 0 Å². The van der Waals surface area contributed by atoms with Crippen LogP contribution in [-0.4, -0.2) is 23.1 Å². The molecule has 0 aromatic heterocycles. The van der Waals surface area contributed by atoms with Crippen molar-refractivity contribution in [3.05, 3.63) is 83.4 Å². The molecule has 0 amide bonds. The average molecular weight is 421 g/mol. The van der Waals surface area contributed by atoms with Crippen LogP contribution >= 0.6 is 11.6 Å². The molecule has 29 heavy (non-hydrogen) atoms. The first-order chi connectivity index (χ1) is 13.6. The summed E-state index contributed by atoms with van der Waals surface area (Å²) in [6.45, 7) is 0. The Bertz CT molecular complexity index is 1060. The molecule has 0 fully saturated rings. The number of aliphatic carboxylic acids is 1. The molecule has 0 atom stereocenters. The summed E-state index contributed by atoms with van der Waals surface area (Å²) in [6.07, 6.45) is -3.13. The number of hydrogen-bond acceptors (Lipinski definition) is 2. The largest absolute Gasteiger partial charge is 0.490 e. The van der Waals surface area contributed by atoms with E-state index in [2.05, 4.69) is 0 Å². The van der Waals surface area contributed by atoms with Crippen LogP contribution in [0.3, 0.4) is 0 Å². The molecular weight excluding hydrogens is 405 g/mol. The number of carboxylic acids is 1. The van der Waals surface area contributed by atoms with Gasteiger partial charge < -0.3 is 10.8 Å². The Morgan fingerprint density at radius 1 is 0.966 bits per heavy atom. The van der Waals surface area contributed by atoms with Gasteiger partial charge in [0.2, 0.25) is 0 Å². The van der Waals surface area contributed by atoms with E-state index in [1.54, 1.807) is 0 Å². The molecule has 0 spiro atoms. The first-order valence-corrected chi connectivity index (χ1v) is 8.56. The zero-order valence-electron chi connectivity index (χ0n) is 14.9. The molecule has 4 N–H and O–H groups in total. The van der Waals surface area contributed by atoms with Crippen molar-refractivity contribution in [2.24, 2.45) is 5.73 Å². The maximum absolute atomic E-state index is 10.6. The fourth-order valence-corrected chi connectivity index (χ4v) is 2.58. The lowest BCUT2D eigenvalue weighted by molar-refractivity contribution is -0.192. The summed E-state index contributed by atoms with van der Waals surface area (Å²) < 4.78 is 31.7. The molecule has 3 aromatic carbocycles. The third kappa shape index (κ3) is 6.36. The van der Waals surface area contributed by atoms with Crippen molar-refractivity contribution in [2.75, 3.05) is 0 Å². The second kappa shape index (κ2) is 9.25. The monoisotopic (exact) mass is 420 g/mol. The van der Waals surface area contributed by atoms with Gasteiger partial charge in [-0.15, -0.1) is 0 Å². The van der Waals surface area contributed by atoms with Crippen LogP contribution in [0.25, 0.3) is 21.9 Å². The highest BCUT2D eigenvalue weighted by Crippen LogP contribution is 2.26. The Balaban J connectivity index is 0.000000370. The van der Waals surface area contributed by atoms with Gasteiger partial charge in [0, 0.05) is 10.6 Å². The molecule has 4 nitrogen and oxygen atoms in total. The van der Waals surface area contributed by atoms with Gasteiger partial charge in [0.05, 0.1) is 0 Å². The Kier molecular flexibility index (Phi) is 7.01. The van der Waals surface area contributed by atoms with E-state index in [1.807, 2.05) is 72.8 Å². The molecule has 0 unspecified atom stereocenters. The van der Waals surface area contributed by atoms with Crippen LogP contribution in [0.4, 0.5) is 13.2 Å². The molecule has 0 saturated carbocycles. The van der Waals surface area contributed by atoms with E-state index >= 15 is 0 Å². The summed E-state index contributed by atoms with van der Waals surface area (Å²) in [4.78, 5) is 8.90. The predicted molar refractivity (Wildman–Crippen MR) is 109 cm³/mol. The van der Waals surface area contributed by atoms with Crippen LogP contribution in [0.1, 0.15) is 16.7 Å². The normalized spacial score (nSPS) is 11.5. The van der Waals surface area contributed by atoms with E-state index in [0.717, 1.165) is 27.5 Å². The van der Waals surface area contributed by atoms with Crippen molar-refractivity contribution in [1.82, 2.24) is 0 Å². The molecule has 0 aliphatic carbocycles. The smallest absolute Gasteiger partial charge is 0.475 e. The van der Waals surface area contributed by atoms with Crippen LogP contribution < -0.4 is 5.73 Å². The van der Waals surface area contributed by atoms with Gasteiger partial charge in [-0.05, 0) is 40.1 Å². The van der Waals surface area contributed by atoms with Gasteiger partial charge in [-0.1, -0.05) is 66.2 Å². The number of nitrogen functional groups attached to an aromatic ring is 1. The van der Waals surface area contributed by atoms with Gasteiger partial charge >= 0.3 is 12.1 Å². The van der Waals surface area contributed by atoms with Crippen LogP contribution in [-0.2, 0) is 4.79 Å². The van der Waals surface area contributed by atoms with Crippen LogP contribution in [0.2, 0.25) is 0 Å². The maximum Gasteiger partial charge on any atom is 0.490 e. The van der Waals surface area contributed by atoms with Crippen LogP contribution in [0, 0.1) is 5.41 Å². The molecular formula is C21H16ClF3N2O2. The van der Waals surface area contributed by atoms with E-state index in [0.29, 0.717) is 5.03 Å². The number of carbonyl (C=O) groups is 1. The summed E-state index contributed by atoms with van der Waals surface area (Å²) in [7, 11) is 0. The summed E-state index contributed by atoms with van der Waals surface area (Å²) in [6, 6.07) is 21.7. The lowest BCUT2D eigenvalue weighted by Crippen LogP contribution is -2.21. The first kappa shape index (κ1) is 22.0. The van der Waals surface area contributed by atoms with Gasteiger partial charge in [-0.2, -0.15) is 13.2 Å². The quantitative estimate of drug-likeness (QED) is 0.297. The second-order valence-electron chi connectivity index (χ2n) is 5.90. The highest BCUT2D eigenvalue weighted by atomic mass is 35.5. The van der Waals surface area contributed by atoms with E-state index in [9.17, 15) is 13.2 Å². The summed E-state index contributed by atoms with van der Waals surface area (Å²) in [5.41, 5.74) is 8.29. The summed E-state index contributed by atoms with van der Waals surface area (Å²) >= 11 is 6.43. The number of carboxylic acid groups (broad SMARTS) is 1. The number of rotatable bonds is 3. The summed E-state index contributed by atoms with van der Waals surface area (Å²) in [5.74, 6) is -2.68. The first-order valence-electron chi connectivity index (χ1n) is 8.19. The van der Waals surface area contributed by atoms with Crippen LogP contribution in [0.15, 0.2) is 66.7 Å². The molecule has 3 rings (SSSR count). The number of alkyl halides is 3. The molecule has 3 aromatic rings. The fourth-order valence-electron chi connectivity index (χ4n) is 2.34. The maximum atomic E-state index is 10.6. The van der Waals surface area contributed by atoms with E-state index in [-0.39, 0.29) is 5.84 Å². The van der Waals surface area contributed by atoms with Gasteiger partial charge in [0.1, 0.15) is 5.84 Å². The number of benzene rings is 3. The minimum Gasteiger partial charge on any atom is -0.475 e. The third-order valence-electron chi connectivity index (χ3n) is 3.76. The molecule has 0 aliphatic heterocycles. The topological polar surface area (TPSA) is 87.2 Å². The molecule has 8 heteroatoms. The van der Waals surface area contributed by atoms with Crippen molar-refractivity contribution in [3.8, 4) is 0 Å². The minimum absolute atomic E-state index is 0.0768. The zero-order chi connectivity index (χ0) is 21.6. The van der Waals surface area contributed by atoms with Gasteiger partial charge in [-0.25, -0.2) is 4.79 Å². The van der Waals surface area contributed by atoms with Crippen molar-refractivity contribution < 1.29 is 23.1 Å². The number of nitrogens with two attached hydrogens (primary N) is 1. The standard InChI is InChI=1S/C19H15ClN2.C2HF3O2/c20-18(10-13-4-2-1-3-5-13)16-8-6-15-12-17(19(21)22)9-7-14(15)11-16;3-2(4,5)1(6)7/h1-12H,(H3,21,22);(H,6,7). The SMILES string of the molecule is N=C(N)c1ccc2cc(C(Cl)=Cc3ccccc3)ccc2c1.O=C(O)C(F)(F)F. The van der Waals surface area contributed by atoms with Crippen molar-refractivity contribution in [1.29, 1.82) is 5.41 Å². The summed E-state index contributed by atoms with van der Waals surface area (Å²) in [5, 5.41) is 17.4. The number of nitrogens with one attached hydrogen (secondary N) is 1. The Labute approximate surface area is 169 Å². The molecule has 150 valence electrons. The van der Waals surface area contributed by atoms with Gasteiger partial charge in [-0.3, -0.25) is 5.41 Å². The lowest BCUT2D eigenvalue weighted by atomic mass is 10.0. The van der Waals surface area contributed by atoms with Crippen molar-refractivity contribution in [2.45, 2.75) is 6.18 Å². The highest BCUT2D eigenvalue weighted by Gasteiger charge is 2.38. The Morgan fingerprint density at radius 3 is 1.93 bits per heavy atom. The number of fused-ring (bicyclic) bond motifs is 1. The second-order valence-corrected chi connectivity index (χ2v) is 6.30. The van der Waals surface area contributed by atoms with E-state index in [4.69, 9.17) is 32.6 Å². The number of halogens is 4. The third-order valence-corrected chi connectivity index (χ3v) is 4.09. The van der Waals surface area contributed by atoms with E-state index < -0.39 is 12.1 Å². The Morgan fingerprint density at radius 2 is 1.45 bits per heavy atom. The van der Waals surface area contributed by atoms with Gasteiger partial charge in [0.25, 0.3) is 0 Å². The molecule has 0 saturated heterocycles. The Hall–Kier alpha value is -3.32. The number of amidine groups is 1. The zero-order valence-corrected chi connectivity index (χ0v) is 15.6.